The van der Waals surface area contributed by atoms with Crippen molar-refractivity contribution in [3.8, 4) is 5.75 Å². The van der Waals surface area contributed by atoms with Crippen LogP contribution in [0.25, 0.3) is 0 Å². The number of nitrogens with one attached hydrogen (secondary N) is 1. The van der Waals surface area contributed by atoms with Gasteiger partial charge in [0.25, 0.3) is 0 Å². The molecule has 0 radical (unpaired) electrons. The molecule has 1 saturated carbocycles. The van der Waals surface area contributed by atoms with Crippen LogP contribution in [0.3, 0.4) is 0 Å². The van der Waals surface area contributed by atoms with Gasteiger partial charge in [-0.1, -0.05) is 18.2 Å². The lowest BCUT2D eigenvalue weighted by Gasteiger charge is -2.26. The van der Waals surface area contributed by atoms with Crippen molar-refractivity contribution >= 4 is 29.9 Å². The molecule has 158 valence electrons. The largest absolute Gasteiger partial charge is 0.573 e. The SMILES string of the molecule is I.NC(=NCCCN1CCOCC1)NC1CC1c1ccccc1OC(F)(F)F. The fourth-order valence-electron chi connectivity index (χ4n) is 3.26. The summed E-state index contributed by atoms with van der Waals surface area (Å²) >= 11 is 0. The van der Waals surface area contributed by atoms with E-state index in [0.29, 0.717) is 24.5 Å². The third-order valence-corrected chi connectivity index (χ3v) is 4.69. The highest BCUT2D eigenvalue weighted by Crippen LogP contribution is 2.45. The number of benzene rings is 1. The monoisotopic (exact) mass is 514 g/mol. The number of nitrogens with zero attached hydrogens (tertiary/aromatic N) is 2. The maximum Gasteiger partial charge on any atom is 0.573 e. The topological polar surface area (TPSA) is 72.1 Å². The standard InChI is InChI=1S/C18H25F3N4O2.HI/c19-18(20,21)27-16-5-2-1-4-13(16)14-12-15(14)24-17(22)23-6-3-7-25-8-10-26-11-9-25;/h1-2,4-5,14-15H,3,6-12H2,(H3,22,23,24);1H. The first-order valence-electron chi connectivity index (χ1n) is 9.13. The second-order valence-corrected chi connectivity index (χ2v) is 6.75. The molecule has 1 aliphatic heterocycles. The molecule has 2 aliphatic rings. The van der Waals surface area contributed by atoms with Crippen LogP contribution in [0.1, 0.15) is 24.3 Å². The smallest absolute Gasteiger partial charge is 0.405 e. The van der Waals surface area contributed by atoms with Crippen molar-refractivity contribution in [2.45, 2.75) is 31.2 Å². The van der Waals surface area contributed by atoms with E-state index in [1.54, 1.807) is 12.1 Å². The fraction of sp³-hybridized carbons (Fsp3) is 0.611. The van der Waals surface area contributed by atoms with E-state index in [9.17, 15) is 13.2 Å². The number of hydrogen-bond acceptors (Lipinski definition) is 4. The first-order valence-corrected chi connectivity index (χ1v) is 9.13. The minimum absolute atomic E-state index is 0. The molecule has 1 heterocycles. The molecule has 0 spiro atoms. The molecule has 0 amide bonds. The highest BCUT2D eigenvalue weighted by atomic mass is 127. The Morgan fingerprint density at radius 3 is 2.71 bits per heavy atom. The van der Waals surface area contributed by atoms with Crippen LogP contribution < -0.4 is 15.8 Å². The maximum absolute atomic E-state index is 12.5. The van der Waals surface area contributed by atoms with Gasteiger partial charge in [0.2, 0.25) is 0 Å². The van der Waals surface area contributed by atoms with Gasteiger partial charge in [-0.2, -0.15) is 0 Å². The normalized spacial score (nSPS) is 23.0. The number of halogens is 4. The summed E-state index contributed by atoms with van der Waals surface area (Å²) in [6.45, 7) is 5.00. The van der Waals surface area contributed by atoms with Crippen LogP contribution in [-0.2, 0) is 4.74 Å². The highest BCUT2D eigenvalue weighted by molar-refractivity contribution is 14.0. The number of guanidine groups is 1. The van der Waals surface area contributed by atoms with Crippen molar-refractivity contribution in [3.63, 3.8) is 0 Å². The summed E-state index contributed by atoms with van der Waals surface area (Å²) in [4.78, 5) is 6.64. The van der Waals surface area contributed by atoms with Crippen LogP contribution >= 0.6 is 24.0 Å². The predicted molar refractivity (Wildman–Crippen MR) is 111 cm³/mol. The first-order chi connectivity index (χ1) is 12.9. The molecule has 28 heavy (non-hydrogen) atoms. The van der Waals surface area contributed by atoms with E-state index >= 15 is 0 Å². The van der Waals surface area contributed by atoms with Gasteiger partial charge >= 0.3 is 6.36 Å². The average molecular weight is 514 g/mol. The Morgan fingerprint density at radius 2 is 2.00 bits per heavy atom. The molecule has 6 nitrogen and oxygen atoms in total. The summed E-state index contributed by atoms with van der Waals surface area (Å²) < 4.78 is 47.0. The van der Waals surface area contributed by atoms with Gasteiger partial charge in [-0.15, -0.1) is 37.1 Å². The van der Waals surface area contributed by atoms with E-state index in [1.165, 1.54) is 12.1 Å². The van der Waals surface area contributed by atoms with Gasteiger partial charge < -0.3 is 20.5 Å². The van der Waals surface area contributed by atoms with Crippen LogP contribution in [0, 0.1) is 0 Å². The van der Waals surface area contributed by atoms with Crippen molar-refractivity contribution in [1.82, 2.24) is 10.2 Å². The summed E-state index contributed by atoms with van der Waals surface area (Å²) in [5.41, 5.74) is 6.44. The van der Waals surface area contributed by atoms with Gasteiger partial charge in [-0.3, -0.25) is 9.89 Å². The van der Waals surface area contributed by atoms with E-state index in [0.717, 1.165) is 39.3 Å². The number of ether oxygens (including phenoxy) is 2. The minimum Gasteiger partial charge on any atom is -0.405 e. The Bertz CT molecular complexity index is 654. The van der Waals surface area contributed by atoms with E-state index in [4.69, 9.17) is 10.5 Å². The van der Waals surface area contributed by atoms with E-state index < -0.39 is 6.36 Å². The number of nitrogens with two attached hydrogens (primary N) is 1. The second kappa shape index (κ2) is 10.5. The summed E-state index contributed by atoms with van der Waals surface area (Å²) in [6, 6.07) is 6.20. The quantitative estimate of drug-likeness (QED) is 0.254. The Labute approximate surface area is 179 Å². The third-order valence-electron chi connectivity index (χ3n) is 4.69. The lowest BCUT2D eigenvalue weighted by Crippen LogP contribution is -2.37. The van der Waals surface area contributed by atoms with Gasteiger partial charge in [-0.05, 0) is 24.5 Å². The number of rotatable bonds is 7. The highest BCUT2D eigenvalue weighted by Gasteiger charge is 2.42. The van der Waals surface area contributed by atoms with Crippen molar-refractivity contribution in [2.75, 3.05) is 39.4 Å². The molecule has 10 heteroatoms. The Balaban J connectivity index is 0.00000280. The van der Waals surface area contributed by atoms with Crippen molar-refractivity contribution in [3.05, 3.63) is 29.8 Å². The summed E-state index contributed by atoms with van der Waals surface area (Å²) in [5.74, 6) is 0.115. The zero-order valence-corrected chi connectivity index (χ0v) is 17.8. The molecule has 2 unspecified atom stereocenters. The molecule has 1 aliphatic carbocycles. The van der Waals surface area contributed by atoms with Crippen molar-refractivity contribution < 1.29 is 22.6 Å². The predicted octanol–water partition coefficient (Wildman–Crippen LogP) is 2.69. The first kappa shape index (κ1) is 23.0. The number of alkyl halides is 3. The van der Waals surface area contributed by atoms with Crippen LogP contribution in [0.5, 0.6) is 5.75 Å². The summed E-state index contributed by atoms with van der Waals surface area (Å²) in [5, 5.41) is 3.09. The lowest BCUT2D eigenvalue weighted by molar-refractivity contribution is -0.274. The van der Waals surface area contributed by atoms with Crippen LogP contribution in [0.15, 0.2) is 29.3 Å². The zero-order valence-electron chi connectivity index (χ0n) is 15.5. The van der Waals surface area contributed by atoms with Gasteiger partial charge in [0, 0.05) is 38.1 Å². The molecular formula is C18H26F3IN4O2. The molecular weight excluding hydrogens is 488 g/mol. The van der Waals surface area contributed by atoms with Crippen molar-refractivity contribution in [2.24, 2.45) is 10.7 Å². The Hall–Kier alpha value is -1.27. The molecule has 0 bridgehead atoms. The van der Waals surface area contributed by atoms with E-state index in [2.05, 4.69) is 19.9 Å². The van der Waals surface area contributed by atoms with Gasteiger partial charge in [0.1, 0.15) is 5.75 Å². The fourth-order valence-corrected chi connectivity index (χ4v) is 3.26. The number of hydrogen-bond donors (Lipinski definition) is 2. The number of aliphatic imine (C=N–C) groups is 1. The summed E-state index contributed by atoms with van der Waals surface area (Å²) in [7, 11) is 0. The van der Waals surface area contributed by atoms with Gasteiger partial charge in [0.15, 0.2) is 5.96 Å². The second-order valence-electron chi connectivity index (χ2n) is 6.75. The molecule has 1 aromatic rings. The number of morpholine rings is 1. The lowest BCUT2D eigenvalue weighted by atomic mass is 10.1. The number of para-hydroxylation sites is 1. The maximum atomic E-state index is 12.5. The van der Waals surface area contributed by atoms with E-state index in [-0.39, 0.29) is 41.7 Å². The van der Waals surface area contributed by atoms with Gasteiger partial charge in [0.05, 0.1) is 13.2 Å². The Kier molecular flexibility index (Phi) is 8.62. The summed E-state index contributed by atoms with van der Waals surface area (Å²) in [6.07, 6.45) is -3.10. The van der Waals surface area contributed by atoms with E-state index in [1.807, 2.05) is 0 Å². The zero-order chi connectivity index (χ0) is 19.3. The van der Waals surface area contributed by atoms with Crippen molar-refractivity contribution in [1.29, 1.82) is 0 Å². The average Bonchev–Trinajstić information content (AvgIpc) is 3.37. The Morgan fingerprint density at radius 1 is 1.29 bits per heavy atom. The molecule has 2 fully saturated rings. The molecule has 1 aromatic carbocycles. The molecule has 1 saturated heterocycles. The van der Waals surface area contributed by atoms with Gasteiger partial charge in [-0.25, -0.2) is 0 Å². The van der Waals surface area contributed by atoms with Crippen LogP contribution in [0.2, 0.25) is 0 Å². The van der Waals surface area contributed by atoms with Crippen LogP contribution in [-0.4, -0.2) is 62.7 Å². The molecule has 0 aromatic heterocycles. The molecule has 3 N–H and O–H groups in total. The van der Waals surface area contributed by atoms with Crippen LogP contribution in [0.4, 0.5) is 13.2 Å². The molecule has 3 rings (SSSR count). The third kappa shape index (κ3) is 7.28. The molecule has 2 atom stereocenters. The minimum atomic E-state index is -4.70.